The van der Waals surface area contributed by atoms with E-state index in [0.717, 1.165) is 10.9 Å². The van der Waals surface area contributed by atoms with Crippen LogP contribution >= 0.6 is 0 Å². The predicted octanol–water partition coefficient (Wildman–Crippen LogP) is 2.89. The number of rotatable bonds is 1. The van der Waals surface area contributed by atoms with E-state index in [2.05, 4.69) is 11.1 Å². The summed E-state index contributed by atoms with van der Waals surface area (Å²) in [5, 5.41) is 9.67. The van der Waals surface area contributed by atoms with Crippen molar-refractivity contribution in [1.29, 1.82) is 5.26 Å². The van der Waals surface area contributed by atoms with E-state index in [9.17, 15) is 4.79 Å². The minimum Gasteiger partial charge on any atom is -0.443 e. The van der Waals surface area contributed by atoms with E-state index < -0.39 is 11.7 Å². The van der Waals surface area contributed by atoms with Crippen molar-refractivity contribution >= 4 is 17.0 Å². The lowest BCUT2D eigenvalue weighted by Crippen LogP contribution is -2.26. The summed E-state index contributed by atoms with van der Waals surface area (Å²) in [7, 11) is 0. The Morgan fingerprint density at radius 3 is 2.89 bits per heavy atom. The number of carbonyl (C=O) groups is 1. The lowest BCUT2D eigenvalue weighted by Gasteiger charge is -2.19. The summed E-state index contributed by atoms with van der Waals surface area (Å²) in [6.07, 6.45) is 4.66. The first kappa shape index (κ1) is 13.1. The number of carbonyl (C=O) groups excluding carboxylic acids is 1. The third-order valence-corrected chi connectivity index (χ3v) is 2.55. The molecule has 0 aliphatic rings. The zero-order valence-electron chi connectivity index (χ0n) is 11.2. The van der Waals surface area contributed by atoms with Gasteiger partial charge in [-0.3, -0.25) is 9.55 Å². The smallest absolute Gasteiger partial charge is 0.419 e. The number of aromatic nitrogens is 2. The van der Waals surface area contributed by atoms with Gasteiger partial charge >= 0.3 is 6.09 Å². The molecule has 0 spiro atoms. The maximum atomic E-state index is 12.1. The van der Waals surface area contributed by atoms with Crippen LogP contribution in [0, 0.1) is 11.3 Å². The highest BCUT2D eigenvalue weighted by Crippen LogP contribution is 2.22. The minimum absolute atomic E-state index is 0.246. The summed E-state index contributed by atoms with van der Waals surface area (Å²) in [6, 6.07) is 3.89. The Kier molecular flexibility index (Phi) is 3.26. The third-order valence-electron chi connectivity index (χ3n) is 2.55. The molecule has 2 aromatic heterocycles. The minimum atomic E-state index is -0.564. The summed E-state index contributed by atoms with van der Waals surface area (Å²) in [5.74, 6) is 0. The zero-order chi connectivity index (χ0) is 14.0. The van der Waals surface area contributed by atoms with Crippen LogP contribution in [0.15, 0.2) is 24.7 Å². The molecule has 0 radical (unpaired) electrons. The van der Waals surface area contributed by atoms with Crippen LogP contribution < -0.4 is 0 Å². The van der Waals surface area contributed by atoms with Crippen LogP contribution in [-0.4, -0.2) is 21.2 Å². The van der Waals surface area contributed by atoms with Crippen molar-refractivity contribution in [2.24, 2.45) is 0 Å². The molecule has 0 amide bonds. The second kappa shape index (κ2) is 4.73. The summed E-state index contributed by atoms with van der Waals surface area (Å²) in [5.41, 5.74) is 0.887. The molecule has 0 unspecified atom stereocenters. The van der Waals surface area contributed by atoms with Gasteiger partial charge in [-0.1, -0.05) is 0 Å². The van der Waals surface area contributed by atoms with Crippen LogP contribution in [0.5, 0.6) is 0 Å². The average Bonchev–Trinajstić information content (AvgIpc) is 2.67. The SMILES string of the molecule is CC(C)(C)OC(=O)n1cc(CC#N)c2ccncc21. The van der Waals surface area contributed by atoms with Crippen molar-refractivity contribution in [3.8, 4) is 6.07 Å². The van der Waals surface area contributed by atoms with E-state index in [0.29, 0.717) is 5.52 Å². The third kappa shape index (κ3) is 2.74. The molecule has 0 saturated carbocycles. The molecule has 2 heterocycles. The fourth-order valence-electron chi connectivity index (χ4n) is 1.83. The summed E-state index contributed by atoms with van der Waals surface area (Å²) in [4.78, 5) is 16.1. The van der Waals surface area contributed by atoms with Crippen molar-refractivity contribution in [2.45, 2.75) is 32.8 Å². The van der Waals surface area contributed by atoms with Crippen LogP contribution in [0.4, 0.5) is 4.79 Å². The van der Waals surface area contributed by atoms with Crippen molar-refractivity contribution in [1.82, 2.24) is 9.55 Å². The predicted molar refractivity (Wildman–Crippen MR) is 70.7 cm³/mol. The van der Waals surface area contributed by atoms with Crippen molar-refractivity contribution in [3.05, 3.63) is 30.2 Å². The summed E-state index contributed by atoms with van der Waals surface area (Å²) in [6.45, 7) is 5.43. The van der Waals surface area contributed by atoms with Crippen LogP contribution in [0.3, 0.4) is 0 Å². The normalized spacial score (nSPS) is 11.3. The maximum absolute atomic E-state index is 12.1. The fraction of sp³-hybridized carbons (Fsp3) is 0.357. The Hall–Kier alpha value is -2.35. The molecule has 0 aliphatic heterocycles. The molecule has 0 aromatic carbocycles. The molecule has 0 fully saturated rings. The number of hydrogen-bond donors (Lipinski definition) is 0. The van der Waals surface area contributed by atoms with Gasteiger partial charge in [0.1, 0.15) is 5.60 Å². The number of hydrogen-bond acceptors (Lipinski definition) is 4. The van der Waals surface area contributed by atoms with E-state index >= 15 is 0 Å². The van der Waals surface area contributed by atoms with Gasteiger partial charge in [-0.05, 0) is 32.4 Å². The molecule has 5 heteroatoms. The fourth-order valence-corrected chi connectivity index (χ4v) is 1.83. The second-order valence-corrected chi connectivity index (χ2v) is 5.23. The highest BCUT2D eigenvalue weighted by Gasteiger charge is 2.20. The van der Waals surface area contributed by atoms with Crippen molar-refractivity contribution in [2.75, 3.05) is 0 Å². The molecule has 0 bridgehead atoms. The van der Waals surface area contributed by atoms with Crippen LogP contribution in [0.2, 0.25) is 0 Å². The van der Waals surface area contributed by atoms with E-state index in [1.807, 2.05) is 20.8 Å². The molecule has 19 heavy (non-hydrogen) atoms. The van der Waals surface area contributed by atoms with Crippen LogP contribution in [-0.2, 0) is 11.2 Å². The topological polar surface area (TPSA) is 67.9 Å². The molecule has 5 nitrogen and oxygen atoms in total. The van der Waals surface area contributed by atoms with Gasteiger partial charge in [0.05, 0.1) is 24.2 Å². The monoisotopic (exact) mass is 257 g/mol. The average molecular weight is 257 g/mol. The number of fused-ring (bicyclic) bond motifs is 1. The zero-order valence-corrected chi connectivity index (χ0v) is 11.2. The standard InChI is InChI=1S/C14H15N3O2/c1-14(2,3)19-13(18)17-9-10(4-6-15)11-5-7-16-8-12(11)17/h5,7-9H,4H2,1-3H3. The van der Waals surface area contributed by atoms with Crippen LogP contribution in [0.1, 0.15) is 26.3 Å². The quantitative estimate of drug-likeness (QED) is 0.787. The lowest BCUT2D eigenvalue weighted by atomic mass is 10.2. The molecule has 0 N–H and O–H groups in total. The van der Waals surface area contributed by atoms with Gasteiger partial charge in [0.2, 0.25) is 0 Å². The Morgan fingerprint density at radius 2 is 2.26 bits per heavy atom. The molecule has 98 valence electrons. The molecule has 0 aliphatic carbocycles. The van der Waals surface area contributed by atoms with Gasteiger partial charge in [0.25, 0.3) is 0 Å². The van der Waals surface area contributed by atoms with Gasteiger partial charge in [0.15, 0.2) is 0 Å². The van der Waals surface area contributed by atoms with Gasteiger partial charge in [-0.2, -0.15) is 5.26 Å². The highest BCUT2D eigenvalue weighted by molar-refractivity contribution is 5.91. The Labute approximate surface area is 111 Å². The molecule has 0 atom stereocenters. The van der Waals surface area contributed by atoms with Gasteiger partial charge in [-0.25, -0.2) is 4.79 Å². The molecular formula is C14H15N3O2. The molecule has 2 aromatic rings. The number of nitrogens with zero attached hydrogens (tertiary/aromatic N) is 3. The summed E-state index contributed by atoms with van der Waals surface area (Å²) >= 11 is 0. The lowest BCUT2D eigenvalue weighted by molar-refractivity contribution is 0.0544. The number of ether oxygens (including phenoxy) is 1. The van der Waals surface area contributed by atoms with E-state index in [-0.39, 0.29) is 6.42 Å². The largest absolute Gasteiger partial charge is 0.443 e. The first-order valence-corrected chi connectivity index (χ1v) is 5.96. The van der Waals surface area contributed by atoms with Crippen LogP contribution in [0.25, 0.3) is 10.9 Å². The first-order chi connectivity index (χ1) is 8.92. The highest BCUT2D eigenvalue weighted by atomic mass is 16.6. The molecule has 0 saturated heterocycles. The van der Waals surface area contributed by atoms with E-state index in [1.165, 1.54) is 4.57 Å². The van der Waals surface area contributed by atoms with Gasteiger partial charge in [-0.15, -0.1) is 0 Å². The molecular weight excluding hydrogens is 242 g/mol. The Bertz CT molecular complexity index is 659. The van der Waals surface area contributed by atoms with Gasteiger partial charge < -0.3 is 4.74 Å². The number of pyridine rings is 1. The van der Waals surface area contributed by atoms with E-state index in [4.69, 9.17) is 10.00 Å². The Morgan fingerprint density at radius 1 is 1.53 bits per heavy atom. The molecule has 2 rings (SSSR count). The maximum Gasteiger partial charge on any atom is 0.419 e. The number of nitriles is 1. The van der Waals surface area contributed by atoms with Crippen molar-refractivity contribution < 1.29 is 9.53 Å². The van der Waals surface area contributed by atoms with E-state index in [1.54, 1.807) is 24.7 Å². The Balaban J connectivity index is 2.49. The van der Waals surface area contributed by atoms with Crippen molar-refractivity contribution in [3.63, 3.8) is 0 Å². The van der Waals surface area contributed by atoms with Gasteiger partial charge in [0, 0.05) is 17.8 Å². The summed E-state index contributed by atoms with van der Waals surface area (Å²) < 4.78 is 6.74. The first-order valence-electron chi connectivity index (χ1n) is 5.96. The second-order valence-electron chi connectivity index (χ2n) is 5.23.